The van der Waals surface area contributed by atoms with Crippen LogP contribution in [0.4, 0.5) is 13.2 Å². The Kier molecular flexibility index (Phi) is 4.70. The lowest BCUT2D eigenvalue weighted by Crippen LogP contribution is -2.38. The van der Waals surface area contributed by atoms with E-state index in [9.17, 15) is 13.2 Å². The van der Waals surface area contributed by atoms with E-state index in [2.05, 4.69) is 19.3 Å². The van der Waals surface area contributed by atoms with Crippen LogP contribution in [-0.4, -0.2) is 0 Å². The molecule has 0 saturated heterocycles. The van der Waals surface area contributed by atoms with E-state index >= 15 is 0 Å². The Morgan fingerprint density at radius 3 is 2.00 bits per heavy atom. The Bertz CT molecular complexity index is 445. The lowest BCUT2D eigenvalue weighted by molar-refractivity contribution is 0.172. The van der Waals surface area contributed by atoms with Gasteiger partial charge in [0.05, 0.1) is 6.04 Å². The van der Waals surface area contributed by atoms with E-state index in [4.69, 9.17) is 5.84 Å². The van der Waals surface area contributed by atoms with Crippen molar-refractivity contribution in [3.63, 3.8) is 0 Å². The molecule has 1 saturated carbocycles. The first-order valence-corrected chi connectivity index (χ1v) is 7.03. The van der Waals surface area contributed by atoms with Gasteiger partial charge in [0.25, 0.3) is 0 Å². The van der Waals surface area contributed by atoms with E-state index in [0.29, 0.717) is 24.0 Å². The predicted octanol–water partition coefficient (Wildman–Crippen LogP) is 3.68. The zero-order valence-electron chi connectivity index (χ0n) is 11.8. The van der Waals surface area contributed by atoms with Crippen molar-refractivity contribution in [3.05, 3.63) is 35.1 Å². The molecule has 5 heteroatoms. The zero-order valence-corrected chi connectivity index (χ0v) is 11.8. The van der Waals surface area contributed by atoms with E-state index in [1.54, 1.807) is 0 Å². The summed E-state index contributed by atoms with van der Waals surface area (Å²) in [5.41, 5.74) is 2.38. The van der Waals surface area contributed by atoms with Gasteiger partial charge in [-0.1, -0.05) is 13.8 Å². The van der Waals surface area contributed by atoms with E-state index in [0.717, 1.165) is 19.3 Å². The third kappa shape index (κ3) is 3.15. The largest absolute Gasteiger partial charge is 0.271 e. The molecule has 20 heavy (non-hydrogen) atoms. The first-order chi connectivity index (χ1) is 9.42. The van der Waals surface area contributed by atoms with E-state index in [-0.39, 0.29) is 11.5 Å². The molecule has 1 fully saturated rings. The molecule has 112 valence electrons. The topological polar surface area (TPSA) is 38.0 Å². The molecule has 3 unspecified atom stereocenters. The van der Waals surface area contributed by atoms with Gasteiger partial charge in [0.2, 0.25) is 0 Å². The average molecular weight is 286 g/mol. The van der Waals surface area contributed by atoms with Crippen molar-refractivity contribution in [3.8, 4) is 0 Å². The van der Waals surface area contributed by atoms with Crippen LogP contribution < -0.4 is 11.3 Å². The van der Waals surface area contributed by atoms with E-state index < -0.39 is 23.5 Å². The molecule has 1 aromatic rings. The molecule has 3 N–H and O–H groups in total. The summed E-state index contributed by atoms with van der Waals surface area (Å²) in [4.78, 5) is 0. The van der Waals surface area contributed by atoms with Gasteiger partial charge < -0.3 is 0 Å². The minimum Gasteiger partial charge on any atom is -0.271 e. The molecular formula is C15H21F3N2. The first kappa shape index (κ1) is 15.3. The number of rotatable bonds is 3. The highest BCUT2D eigenvalue weighted by atomic mass is 19.1. The maximum absolute atomic E-state index is 13.9. The molecule has 1 aliphatic carbocycles. The fourth-order valence-electron chi connectivity index (χ4n) is 3.59. The molecule has 0 heterocycles. The zero-order chi connectivity index (χ0) is 14.9. The highest BCUT2D eigenvalue weighted by molar-refractivity contribution is 5.25. The third-order valence-corrected chi connectivity index (χ3v) is 4.22. The quantitative estimate of drug-likeness (QED) is 0.657. The van der Waals surface area contributed by atoms with Gasteiger partial charge in [-0.3, -0.25) is 11.3 Å². The number of hydrogen-bond donors (Lipinski definition) is 2. The van der Waals surface area contributed by atoms with Gasteiger partial charge in [0.15, 0.2) is 0 Å². The van der Waals surface area contributed by atoms with E-state index in [1.807, 2.05) is 0 Å². The lowest BCUT2D eigenvalue weighted by atomic mass is 9.72. The Balaban J connectivity index is 2.33. The Morgan fingerprint density at radius 2 is 1.55 bits per heavy atom. The van der Waals surface area contributed by atoms with Crippen molar-refractivity contribution in [1.29, 1.82) is 0 Å². The molecule has 0 aromatic heterocycles. The highest BCUT2D eigenvalue weighted by Crippen LogP contribution is 2.40. The second-order valence-corrected chi connectivity index (χ2v) is 6.10. The van der Waals surface area contributed by atoms with Crippen LogP contribution >= 0.6 is 0 Å². The van der Waals surface area contributed by atoms with Crippen LogP contribution in [0.3, 0.4) is 0 Å². The van der Waals surface area contributed by atoms with Crippen molar-refractivity contribution < 1.29 is 13.2 Å². The molecule has 0 aliphatic heterocycles. The maximum atomic E-state index is 13.9. The van der Waals surface area contributed by atoms with Gasteiger partial charge in [-0.15, -0.1) is 0 Å². The molecule has 1 aliphatic rings. The molecule has 0 spiro atoms. The van der Waals surface area contributed by atoms with Crippen LogP contribution in [0, 0.1) is 35.2 Å². The summed E-state index contributed by atoms with van der Waals surface area (Å²) in [6, 6.07) is 0.789. The van der Waals surface area contributed by atoms with Crippen molar-refractivity contribution in [2.24, 2.45) is 23.6 Å². The summed E-state index contributed by atoms with van der Waals surface area (Å²) in [5.74, 6) is 3.89. The molecule has 3 atom stereocenters. The summed E-state index contributed by atoms with van der Waals surface area (Å²) < 4.78 is 40.9. The van der Waals surface area contributed by atoms with Crippen molar-refractivity contribution in [1.82, 2.24) is 5.43 Å². The van der Waals surface area contributed by atoms with Crippen molar-refractivity contribution in [2.45, 2.75) is 39.2 Å². The monoisotopic (exact) mass is 286 g/mol. The average Bonchev–Trinajstić information content (AvgIpc) is 2.32. The van der Waals surface area contributed by atoms with Gasteiger partial charge in [-0.25, -0.2) is 13.2 Å². The predicted molar refractivity (Wildman–Crippen MR) is 72.0 cm³/mol. The minimum atomic E-state index is -0.912. The van der Waals surface area contributed by atoms with Crippen molar-refractivity contribution in [2.75, 3.05) is 0 Å². The molecular weight excluding hydrogens is 265 g/mol. The number of benzene rings is 1. The second-order valence-electron chi connectivity index (χ2n) is 6.10. The van der Waals surface area contributed by atoms with Crippen LogP contribution in [0.15, 0.2) is 12.1 Å². The molecule has 2 nitrogen and oxygen atoms in total. The van der Waals surface area contributed by atoms with Gasteiger partial charge >= 0.3 is 0 Å². The van der Waals surface area contributed by atoms with Gasteiger partial charge in [0.1, 0.15) is 17.5 Å². The Hall–Kier alpha value is -1.07. The van der Waals surface area contributed by atoms with Crippen LogP contribution in [-0.2, 0) is 0 Å². The lowest BCUT2D eigenvalue weighted by Gasteiger charge is -2.36. The smallest absolute Gasteiger partial charge is 0.133 e. The van der Waals surface area contributed by atoms with Crippen LogP contribution in [0.5, 0.6) is 0 Å². The summed E-state index contributed by atoms with van der Waals surface area (Å²) >= 11 is 0. The number of nitrogens with two attached hydrogens (primary N) is 1. The summed E-state index contributed by atoms with van der Waals surface area (Å²) in [5, 5.41) is 0. The molecule has 1 aromatic carbocycles. The first-order valence-electron chi connectivity index (χ1n) is 7.03. The van der Waals surface area contributed by atoms with Crippen LogP contribution in [0.25, 0.3) is 0 Å². The summed E-state index contributed by atoms with van der Waals surface area (Å²) in [6.07, 6.45) is 2.83. The summed E-state index contributed by atoms with van der Waals surface area (Å²) in [6.45, 7) is 4.27. The number of nitrogens with one attached hydrogen (secondary N) is 1. The molecule has 0 radical (unpaired) electrons. The maximum Gasteiger partial charge on any atom is 0.133 e. The van der Waals surface area contributed by atoms with Crippen LogP contribution in [0.2, 0.25) is 0 Å². The van der Waals surface area contributed by atoms with Gasteiger partial charge in [-0.05, 0) is 37.0 Å². The van der Waals surface area contributed by atoms with Gasteiger partial charge in [0, 0.05) is 17.7 Å². The Morgan fingerprint density at radius 1 is 1.05 bits per heavy atom. The molecule has 0 bridgehead atoms. The number of hydrogen-bond acceptors (Lipinski definition) is 2. The molecule has 2 rings (SSSR count). The fourth-order valence-corrected chi connectivity index (χ4v) is 3.59. The summed E-state index contributed by atoms with van der Waals surface area (Å²) in [7, 11) is 0. The minimum absolute atomic E-state index is 0.0493. The highest BCUT2D eigenvalue weighted by Gasteiger charge is 2.33. The second kappa shape index (κ2) is 6.14. The normalized spacial score (nSPS) is 28.4. The fraction of sp³-hybridized carbons (Fsp3) is 0.600. The van der Waals surface area contributed by atoms with Gasteiger partial charge in [-0.2, -0.15) is 0 Å². The third-order valence-electron chi connectivity index (χ3n) is 4.22. The number of hydrazine groups is 1. The van der Waals surface area contributed by atoms with Crippen LogP contribution in [0.1, 0.15) is 44.7 Å². The van der Waals surface area contributed by atoms with Crippen molar-refractivity contribution >= 4 is 0 Å². The number of halogens is 3. The Labute approximate surface area is 117 Å². The molecule has 0 amide bonds. The van der Waals surface area contributed by atoms with E-state index in [1.165, 1.54) is 0 Å². The standard InChI is InChI=1S/C15H21F3N2/c1-8-3-9(2)5-10(4-8)15(20-19)14-12(17)6-11(16)7-13(14)18/h6-10,15,20H,3-5,19H2,1-2H3. The SMILES string of the molecule is CC1CC(C)CC(C(NN)c2c(F)cc(F)cc2F)C1.